The molecule has 0 spiro atoms. The summed E-state index contributed by atoms with van der Waals surface area (Å²) in [5.41, 5.74) is 8.22. The Kier molecular flexibility index (Phi) is 4.03. The minimum absolute atomic E-state index is 0.0517. The second kappa shape index (κ2) is 6.29. The number of hydrazine groups is 1. The van der Waals surface area contributed by atoms with Gasteiger partial charge in [0.25, 0.3) is 5.91 Å². The Balaban J connectivity index is 1.93. The van der Waals surface area contributed by atoms with Crippen LogP contribution in [0.25, 0.3) is 10.8 Å². The van der Waals surface area contributed by atoms with Crippen LogP contribution in [0.5, 0.6) is 5.75 Å². The van der Waals surface area contributed by atoms with Gasteiger partial charge in [-0.3, -0.25) is 10.2 Å². The van der Waals surface area contributed by atoms with Gasteiger partial charge in [-0.15, -0.1) is 0 Å². The predicted molar refractivity (Wildman–Crippen MR) is 91.6 cm³/mol. The number of nitrogens with one attached hydrogen (secondary N) is 1. The number of hydrogen-bond acceptors (Lipinski definition) is 3. The molecule has 3 aromatic rings. The van der Waals surface area contributed by atoms with Crippen molar-refractivity contribution in [3.05, 3.63) is 72.3 Å². The maximum absolute atomic E-state index is 12.5. The molecule has 4 N–H and O–H groups in total. The first-order valence-corrected chi connectivity index (χ1v) is 7.23. The summed E-state index contributed by atoms with van der Waals surface area (Å²) in [4.78, 5) is 24.1. The minimum Gasteiger partial charge on any atom is -0.507 e. The Labute approximate surface area is 138 Å². The van der Waals surface area contributed by atoms with Crippen LogP contribution in [0.3, 0.4) is 0 Å². The average Bonchev–Trinajstić information content (AvgIpc) is 2.59. The lowest BCUT2D eigenvalue weighted by molar-refractivity contribution is 0.0948. The highest BCUT2D eigenvalue weighted by molar-refractivity contribution is 6.04. The average molecular weight is 321 g/mol. The van der Waals surface area contributed by atoms with Gasteiger partial charge < -0.3 is 10.8 Å². The summed E-state index contributed by atoms with van der Waals surface area (Å²) in [5, 5.41) is 12.6. The number of phenolic OH excluding ortho intramolecular Hbond substituents is 1. The molecule has 0 fully saturated rings. The normalized spacial score (nSPS) is 10.3. The molecule has 0 bridgehead atoms. The standard InChI is InChI=1S/C18H15N3O3/c19-18(24)21(14-8-2-1-3-9-14)20-17(23)15-10-12-6-4-5-7-13(12)11-16(15)22/h1-11,22H,(H2,19,24)(H,20,23). The predicted octanol–water partition coefficient (Wildman–Crippen LogP) is 2.78. The van der Waals surface area contributed by atoms with E-state index in [4.69, 9.17) is 5.73 Å². The topological polar surface area (TPSA) is 95.7 Å². The molecule has 3 rings (SSSR count). The fourth-order valence-corrected chi connectivity index (χ4v) is 2.40. The van der Waals surface area contributed by atoms with Gasteiger partial charge in [-0.2, -0.15) is 0 Å². The van der Waals surface area contributed by atoms with Gasteiger partial charge in [-0.1, -0.05) is 42.5 Å². The molecular weight excluding hydrogens is 306 g/mol. The Morgan fingerprint density at radius 1 is 0.917 bits per heavy atom. The fraction of sp³-hybridized carbons (Fsp3) is 0. The van der Waals surface area contributed by atoms with E-state index in [0.717, 1.165) is 15.8 Å². The van der Waals surface area contributed by atoms with Gasteiger partial charge >= 0.3 is 6.03 Å². The van der Waals surface area contributed by atoms with Gasteiger partial charge in [0.05, 0.1) is 11.3 Å². The summed E-state index contributed by atoms with van der Waals surface area (Å²) in [6, 6.07) is 18.0. The second-order valence-electron chi connectivity index (χ2n) is 5.17. The van der Waals surface area contributed by atoms with Crippen LogP contribution in [0.4, 0.5) is 10.5 Å². The number of amides is 3. The lowest BCUT2D eigenvalue weighted by atomic mass is 10.1. The van der Waals surface area contributed by atoms with E-state index in [-0.39, 0.29) is 11.3 Å². The van der Waals surface area contributed by atoms with Crippen molar-refractivity contribution in [3.8, 4) is 5.75 Å². The molecule has 0 saturated heterocycles. The van der Waals surface area contributed by atoms with Crippen molar-refractivity contribution >= 4 is 28.4 Å². The Morgan fingerprint density at radius 3 is 2.12 bits per heavy atom. The van der Waals surface area contributed by atoms with Crippen LogP contribution in [0.1, 0.15) is 10.4 Å². The smallest absolute Gasteiger partial charge is 0.338 e. The first-order chi connectivity index (χ1) is 11.6. The monoisotopic (exact) mass is 321 g/mol. The molecule has 24 heavy (non-hydrogen) atoms. The molecule has 0 radical (unpaired) electrons. The van der Waals surface area contributed by atoms with E-state index in [2.05, 4.69) is 5.43 Å². The Bertz CT molecular complexity index is 910. The van der Waals surface area contributed by atoms with Gasteiger partial charge in [0.15, 0.2) is 0 Å². The highest BCUT2D eigenvalue weighted by atomic mass is 16.3. The van der Waals surface area contributed by atoms with Crippen LogP contribution < -0.4 is 16.2 Å². The maximum atomic E-state index is 12.5. The molecule has 3 amide bonds. The minimum atomic E-state index is -0.838. The van der Waals surface area contributed by atoms with Crippen molar-refractivity contribution in [3.63, 3.8) is 0 Å². The molecule has 6 nitrogen and oxygen atoms in total. The molecule has 6 heteroatoms. The zero-order chi connectivity index (χ0) is 17.1. The maximum Gasteiger partial charge on any atom is 0.338 e. The van der Waals surface area contributed by atoms with Crippen LogP contribution >= 0.6 is 0 Å². The third kappa shape index (κ3) is 2.98. The van der Waals surface area contributed by atoms with Crippen molar-refractivity contribution in [2.45, 2.75) is 0 Å². The van der Waals surface area contributed by atoms with E-state index in [1.807, 2.05) is 24.3 Å². The molecule has 3 aromatic carbocycles. The molecule has 0 aliphatic rings. The summed E-state index contributed by atoms with van der Waals surface area (Å²) in [7, 11) is 0. The van der Waals surface area contributed by atoms with Crippen LogP contribution in [0.2, 0.25) is 0 Å². The van der Waals surface area contributed by atoms with Gasteiger partial charge in [0.2, 0.25) is 0 Å². The summed E-state index contributed by atoms with van der Waals surface area (Å²) in [6.07, 6.45) is 0. The molecule has 0 atom stereocenters. The molecule has 0 aliphatic carbocycles. The third-order valence-corrected chi connectivity index (χ3v) is 3.56. The van der Waals surface area contributed by atoms with Gasteiger partial charge in [-0.25, -0.2) is 9.80 Å². The first kappa shape index (κ1) is 15.4. The first-order valence-electron chi connectivity index (χ1n) is 7.23. The summed E-state index contributed by atoms with van der Waals surface area (Å²) in [5.74, 6) is -0.815. The second-order valence-corrected chi connectivity index (χ2v) is 5.17. The lowest BCUT2D eigenvalue weighted by Gasteiger charge is -2.21. The zero-order valence-corrected chi connectivity index (χ0v) is 12.6. The molecular formula is C18H15N3O3. The molecule has 0 heterocycles. The summed E-state index contributed by atoms with van der Waals surface area (Å²) < 4.78 is 0. The fourth-order valence-electron chi connectivity index (χ4n) is 2.40. The number of rotatable bonds is 2. The number of nitrogens with two attached hydrogens (primary N) is 1. The number of anilines is 1. The molecule has 0 aliphatic heterocycles. The summed E-state index contributed by atoms with van der Waals surface area (Å²) in [6.45, 7) is 0. The van der Waals surface area contributed by atoms with Crippen molar-refractivity contribution in [2.75, 3.05) is 5.01 Å². The highest BCUT2D eigenvalue weighted by Gasteiger charge is 2.19. The largest absolute Gasteiger partial charge is 0.507 e. The Hall–Kier alpha value is -3.54. The number of carbonyl (C=O) groups is 2. The van der Waals surface area contributed by atoms with Crippen molar-refractivity contribution in [1.29, 1.82) is 0 Å². The number of phenols is 1. The van der Waals surface area contributed by atoms with E-state index in [9.17, 15) is 14.7 Å². The highest BCUT2D eigenvalue weighted by Crippen LogP contribution is 2.25. The lowest BCUT2D eigenvalue weighted by Crippen LogP contribution is -2.49. The van der Waals surface area contributed by atoms with Crippen molar-refractivity contribution in [1.82, 2.24) is 5.43 Å². The Morgan fingerprint density at radius 2 is 1.50 bits per heavy atom. The van der Waals surface area contributed by atoms with E-state index >= 15 is 0 Å². The number of carbonyl (C=O) groups excluding carboxylic acids is 2. The van der Waals surface area contributed by atoms with Crippen LogP contribution in [-0.4, -0.2) is 17.0 Å². The molecule has 120 valence electrons. The third-order valence-electron chi connectivity index (χ3n) is 3.56. The number of urea groups is 1. The van der Waals surface area contributed by atoms with E-state index in [0.29, 0.717) is 5.69 Å². The van der Waals surface area contributed by atoms with Crippen LogP contribution in [0.15, 0.2) is 66.7 Å². The molecule has 0 unspecified atom stereocenters. The SMILES string of the molecule is NC(=O)N(NC(=O)c1cc2ccccc2cc1O)c1ccccc1. The van der Waals surface area contributed by atoms with E-state index in [1.165, 1.54) is 6.07 Å². The van der Waals surface area contributed by atoms with E-state index < -0.39 is 11.9 Å². The number of nitrogens with zero attached hydrogens (tertiary/aromatic N) is 1. The molecule has 0 aromatic heterocycles. The van der Waals surface area contributed by atoms with Crippen LogP contribution in [-0.2, 0) is 0 Å². The van der Waals surface area contributed by atoms with Gasteiger partial charge in [-0.05, 0) is 35.0 Å². The van der Waals surface area contributed by atoms with Gasteiger partial charge in [0.1, 0.15) is 5.75 Å². The zero-order valence-electron chi connectivity index (χ0n) is 12.6. The molecule has 0 saturated carbocycles. The van der Waals surface area contributed by atoms with E-state index in [1.54, 1.807) is 36.4 Å². The number of para-hydroxylation sites is 1. The van der Waals surface area contributed by atoms with Gasteiger partial charge in [0, 0.05) is 0 Å². The van der Waals surface area contributed by atoms with Crippen molar-refractivity contribution in [2.24, 2.45) is 5.73 Å². The van der Waals surface area contributed by atoms with Crippen LogP contribution in [0, 0.1) is 0 Å². The number of hydrogen-bond donors (Lipinski definition) is 3. The van der Waals surface area contributed by atoms with Crippen molar-refractivity contribution < 1.29 is 14.7 Å². The number of aromatic hydroxyl groups is 1. The quantitative estimate of drug-likeness (QED) is 0.633. The number of benzene rings is 3. The number of primary amides is 1. The number of fused-ring (bicyclic) bond motifs is 1. The summed E-state index contributed by atoms with van der Waals surface area (Å²) >= 11 is 0.